The first-order chi connectivity index (χ1) is 6.77. The Balaban J connectivity index is 1.78. The van der Waals surface area contributed by atoms with Gasteiger partial charge < -0.3 is 10.2 Å². The van der Waals surface area contributed by atoms with E-state index in [1.165, 1.54) is 24.4 Å². The van der Waals surface area contributed by atoms with Crippen LogP contribution in [0, 0.1) is 0 Å². The molecule has 1 aliphatic carbocycles. The number of hydrogen-bond acceptors (Lipinski definition) is 5. The first-order valence-corrected chi connectivity index (χ1v) is 5.92. The summed E-state index contributed by atoms with van der Waals surface area (Å²) in [4.78, 5) is 6.48. The fraction of sp³-hybridized carbons (Fsp3) is 0.750. The molecule has 0 aromatic carbocycles. The monoisotopic (exact) mass is 230 g/mol. The van der Waals surface area contributed by atoms with Gasteiger partial charge in [0.15, 0.2) is 0 Å². The van der Waals surface area contributed by atoms with Crippen molar-refractivity contribution in [3.05, 3.63) is 5.28 Å². The van der Waals surface area contributed by atoms with Crippen LogP contribution in [0.2, 0.25) is 5.28 Å². The van der Waals surface area contributed by atoms with Gasteiger partial charge in [-0.25, -0.2) is 0 Å². The fourth-order valence-electron chi connectivity index (χ4n) is 1.93. The maximum absolute atomic E-state index is 5.71. The summed E-state index contributed by atoms with van der Waals surface area (Å²) in [5.74, 6) is 0. The highest BCUT2D eigenvalue weighted by Gasteiger charge is 2.46. The molecule has 6 heteroatoms. The summed E-state index contributed by atoms with van der Waals surface area (Å²) in [6, 6.07) is 0. The number of aromatic nitrogens is 2. The van der Waals surface area contributed by atoms with E-state index in [-0.39, 0.29) is 0 Å². The van der Waals surface area contributed by atoms with Crippen LogP contribution in [0.5, 0.6) is 0 Å². The summed E-state index contributed by atoms with van der Waals surface area (Å²) in [6.07, 6.45) is 2.58. The Morgan fingerprint density at radius 1 is 1.50 bits per heavy atom. The molecular weight excluding hydrogens is 220 g/mol. The molecule has 0 bridgehead atoms. The maximum atomic E-state index is 5.71. The quantitative estimate of drug-likeness (QED) is 0.786. The van der Waals surface area contributed by atoms with Crippen LogP contribution in [0.25, 0.3) is 0 Å². The number of piperazine rings is 1. The average Bonchev–Trinajstić information content (AvgIpc) is 2.78. The van der Waals surface area contributed by atoms with Crippen LogP contribution in [-0.4, -0.2) is 34.5 Å². The molecule has 1 aliphatic heterocycles. The Bertz CT molecular complexity index is 349. The van der Waals surface area contributed by atoms with Crippen molar-refractivity contribution in [1.29, 1.82) is 0 Å². The largest absolute Gasteiger partial charge is 0.344 e. The summed E-state index contributed by atoms with van der Waals surface area (Å²) in [5, 5.41) is 4.89. The summed E-state index contributed by atoms with van der Waals surface area (Å²) in [5.41, 5.74) is 0.385. The van der Waals surface area contributed by atoms with Gasteiger partial charge in [0, 0.05) is 36.7 Å². The highest BCUT2D eigenvalue weighted by Crippen LogP contribution is 2.39. The molecule has 14 heavy (non-hydrogen) atoms. The molecule has 4 nitrogen and oxygen atoms in total. The average molecular weight is 231 g/mol. The smallest absolute Gasteiger partial charge is 0.236 e. The van der Waals surface area contributed by atoms with Crippen molar-refractivity contribution in [3.8, 4) is 0 Å². The SMILES string of the molecule is Clc1nsc(N2CCNC3(CC3)C2)n1. The zero-order chi connectivity index (χ0) is 9.60. The van der Waals surface area contributed by atoms with Crippen molar-refractivity contribution in [1.82, 2.24) is 14.7 Å². The van der Waals surface area contributed by atoms with Crippen LogP contribution in [0.1, 0.15) is 12.8 Å². The lowest BCUT2D eigenvalue weighted by molar-refractivity contribution is 0.442. The van der Waals surface area contributed by atoms with E-state index in [9.17, 15) is 0 Å². The highest BCUT2D eigenvalue weighted by molar-refractivity contribution is 7.10. The van der Waals surface area contributed by atoms with Gasteiger partial charge in [0.25, 0.3) is 0 Å². The second-order valence-electron chi connectivity index (χ2n) is 3.97. The number of nitrogens with zero attached hydrogens (tertiary/aromatic N) is 3. The first-order valence-electron chi connectivity index (χ1n) is 4.77. The lowest BCUT2D eigenvalue weighted by Gasteiger charge is -2.33. The van der Waals surface area contributed by atoms with E-state index >= 15 is 0 Å². The lowest BCUT2D eigenvalue weighted by atomic mass is 10.2. The minimum atomic E-state index is 0.369. The van der Waals surface area contributed by atoms with Gasteiger partial charge >= 0.3 is 0 Å². The molecule has 0 unspecified atom stereocenters. The third-order valence-corrected chi connectivity index (χ3v) is 3.94. The Morgan fingerprint density at radius 2 is 2.36 bits per heavy atom. The third kappa shape index (κ3) is 1.49. The van der Waals surface area contributed by atoms with E-state index in [0.29, 0.717) is 10.8 Å². The minimum absolute atomic E-state index is 0.369. The predicted octanol–water partition coefficient (Wildman–Crippen LogP) is 1.13. The Hall–Kier alpha value is -0.390. The van der Waals surface area contributed by atoms with E-state index < -0.39 is 0 Å². The second kappa shape index (κ2) is 3.05. The van der Waals surface area contributed by atoms with Crippen molar-refractivity contribution >= 4 is 28.3 Å². The molecule has 1 aromatic heterocycles. The zero-order valence-electron chi connectivity index (χ0n) is 7.66. The highest BCUT2D eigenvalue weighted by atomic mass is 35.5. The summed E-state index contributed by atoms with van der Waals surface area (Å²) < 4.78 is 3.99. The van der Waals surface area contributed by atoms with E-state index in [2.05, 4.69) is 19.6 Å². The van der Waals surface area contributed by atoms with Gasteiger partial charge in [0.1, 0.15) is 0 Å². The van der Waals surface area contributed by atoms with Crippen molar-refractivity contribution < 1.29 is 0 Å². The summed E-state index contributed by atoms with van der Waals surface area (Å²) in [6.45, 7) is 3.10. The van der Waals surface area contributed by atoms with Gasteiger partial charge in [0.05, 0.1) is 0 Å². The van der Waals surface area contributed by atoms with Crippen molar-refractivity contribution in [2.75, 3.05) is 24.5 Å². The number of hydrogen-bond donors (Lipinski definition) is 1. The van der Waals surface area contributed by atoms with Gasteiger partial charge in [-0.3, -0.25) is 0 Å². The number of halogens is 1. The molecule has 1 aromatic rings. The first kappa shape index (κ1) is 8.88. The van der Waals surface area contributed by atoms with Crippen LogP contribution in [-0.2, 0) is 0 Å². The Morgan fingerprint density at radius 3 is 3.00 bits per heavy atom. The van der Waals surface area contributed by atoms with E-state index in [4.69, 9.17) is 11.6 Å². The van der Waals surface area contributed by atoms with Gasteiger partial charge in [0.2, 0.25) is 10.4 Å². The topological polar surface area (TPSA) is 41.1 Å². The molecule has 76 valence electrons. The van der Waals surface area contributed by atoms with Crippen molar-refractivity contribution in [2.45, 2.75) is 18.4 Å². The lowest BCUT2D eigenvalue weighted by Crippen LogP contribution is -2.52. The molecule has 3 rings (SSSR count). The Labute approximate surface area is 91.4 Å². The number of anilines is 1. The van der Waals surface area contributed by atoms with Crippen LogP contribution < -0.4 is 10.2 Å². The van der Waals surface area contributed by atoms with Crippen LogP contribution in [0.15, 0.2) is 0 Å². The number of nitrogens with one attached hydrogen (secondary N) is 1. The molecule has 1 saturated carbocycles. The van der Waals surface area contributed by atoms with E-state index in [1.54, 1.807) is 0 Å². The molecular formula is C8H11ClN4S. The zero-order valence-corrected chi connectivity index (χ0v) is 9.24. The molecule has 1 saturated heterocycles. The van der Waals surface area contributed by atoms with Gasteiger partial charge in [-0.05, 0) is 24.4 Å². The van der Waals surface area contributed by atoms with Crippen LogP contribution >= 0.6 is 23.1 Å². The second-order valence-corrected chi connectivity index (χ2v) is 5.04. The summed E-state index contributed by atoms with van der Waals surface area (Å²) in [7, 11) is 0. The molecule has 2 fully saturated rings. The molecule has 1 spiro atoms. The third-order valence-electron chi connectivity index (χ3n) is 2.89. The summed E-state index contributed by atoms with van der Waals surface area (Å²) >= 11 is 7.10. The van der Waals surface area contributed by atoms with Crippen LogP contribution in [0.3, 0.4) is 0 Å². The van der Waals surface area contributed by atoms with Gasteiger partial charge in [-0.15, -0.1) is 0 Å². The number of rotatable bonds is 1. The van der Waals surface area contributed by atoms with Gasteiger partial charge in [-0.1, -0.05) is 0 Å². The molecule has 2 aliphatic rings. The minimum Gasteiger partial charge on any atom is -0.344 e. The molecule has 0 amide bonds. The Kier molecular flexibility index (Phi) is 1.93. The van der Waals surface area contributed by atoms with E-state index in [1.807, 2.05) is 0 Å². The van der Waals surface area contributed by atoms with E-state index in [0.717, 1.165) is 24.8 Å². The van der Waals surface area contributed by atoms with Gasteiger partial charge in [-0.2, -0.15) is 9.36 Å². The van der Waals surface area contributed by atoms with Crippen molar-refractivity contribution in [2.24, 2.45) is 0 Å². The molecule has 2 heterocycles. The molecule has 0 radical (unpaired) electrons. The van der Waals surface area contributed by atoms with Crippen molar-refractivity contribution in [3.63, 3.8) is 0 Å². The van der Waals surface area contributed by atoms with Crippen LogP contribution in [0.4, 0.5) is 5.13 Å². The standard InChI is InChI=1S/C8H11ClN4S/c9-6-11-7(14-12-6)13-4-3-10-8(5-13)1-2-8/h10H,1-5H2. The molecule has 1 N–H and O–H groups in total. The predicted molar refractivity (Wildman–Crippen MR) is 57.1 cm³/mol. The maximum Gasteiger partial charge on any atom is 0.236 e. The fourth-order valence-corrected chi connectivity index (χ4v) is 2.76. The normalized spacial score (nSPS) is 24.2. The molecule has 0 atom stereocenters.